The van der Waals surface area contributed by atoms with E-state index in [0.717, 1.165) is 10.5 Å². The molecule has 1 unspecified atom stereocenters. The number of benzene rings is 1. The highest BCUT2D eigenvalue weighted by molar-refractivity contribution is 5.94. The molecule has 0 fully saturated rings. The number of rotatable bonds is 4. The van der Waals surface area contributed by atoms with Crippen molar-refractivity contribution < 1.29 is 18.9 Å². The van der Waals surface area contributed by atoms with Gasteiger partial charge in [-0.1, -0.05) is 12.1 Å². The summed E-state index contributed by atoms with van der Waals surface area (Å²) < 4.78 is 13.1. The lowest BCUT2D eigenvalue weighted by molar-refractivity contribution is -0.885. The number of hydrogen-bond donors (Lipinski definition) is 3. The molecule has 0 radical (unpaired) electrons. The van der Waals surface area contributed by atoms with Gasteiger partial charge in [-0.3, -0.25) is 10.1 Å². The minimum atomic E-state index is -0.508. The van der Waals surface area contributed by atoms with Gasteiger partial charge in [-0.25, -0.2) is 9.18 Å². The van der Waals surface area contributed by atoms with Crippen LogP contribution in [0.3, 0.4) is 0 Å². The van der Waals surface area contributed by atoms with E-state index in [2.05, 4.69) is 10.6 Å². The number of hydrogen-bond acceptors (Lipinski definition) is 2. The highest BCUT2D eigenvalue weighted by Gasteiger charge is 2.17. The van der Waals surface area contributed by atoms with Crippen molar-refractivity contribution in [1.29, 1.82) is 0 Å². The fourth-order valence-electron chi connectivity index (χ4n) is 1.87. The minimum Gasteiger partial charge on any atom is -0.333 e. The van der Waals surface area contributed by atoms with Gasteiger partial charge < -0.3 is 10.2 Å². The van der Waals surface area contributed by atoms with Crippen LogP contribution in [-0.4, -0.2) is 31.1 Å². The zero-order valence-electron chi connectivity index (χ0n) is 12.9. The van der Waals surface area contributed by atoms with Gasteiger partial charge in [0.1, 0.15) is 12.4 Å². The largest absolute Gasteiger partial charge is 0.333 e. The van der Waals surface area contributed by atoms with Gasteiger partial charge >= 0.3 is 6.03 Å². The van der Waals surface area contributed by atoms with Gasteiger partial charge in [0.2, 0.25) is 0 Å². The van der Waals surface area contributed by atoms with Crippen molar-refractivity contribution in [3.8, 4) is 0 Å². The second-order valence-electron chi connectivity index (χ2n) is 6.19. The number of urea groups is 1. The number of nitrogens with one attached hydrogen (secondary N) is 3. The zero-order valence-corrected chi connectivity index (χ0v) is 12.9. The molecule has 3 amide bonds. The molecule has 0 saturated carbocycles. The molecule has 1 aromatic carbocycles. The summed E-state index contributed by atoms with van der Waals surface area (Å²) in [6.07, 6.45) is 0. The Morgan fingerprint density at radius 1 is 1.29 bits per heavy atom. The molecular formula is C15H23FN3O2+. The lowest BCUT2D eigenvalue weighted by Gasteiger charge is -2.20. The van der Waals surface area contributed by atoms with Gasteiger partial charge in [-0.2, -0.15) is 0 Å². The van der Waals surface area contributed by atoms with E-state index in [1.165, 1.54) is 12.1 Å². The molecule has 3 N–H and O–H groups in total. The first-order valence-electron chi connectivity index (χ1n) is 6.83. The standard InChI is InChI=1S/C15H22FN3O2/c1-15(2,3)18-14(21)17-13(20)10-19(4)9-11-6-5-7-12(16)8-11/h5-8H,9-10H2,1-4H3,(H2,17,18,20,21)/p+1. The van der Waals surface area contributed by atoms with E-state index in [0.29, 0.717) is 6.54 Å². The molecule has 0 spiro atoms. The van der Waals surface area contributed by atoms with E-state index in [1.807, 2.05) is 27.8 Å². The van der Waals surface area contributed by atoms with Gasteiger partial charge in [-0.05, 0) is 32.9 Å². The van der Waals surface area contributed by atoms with E-state index in [-0.39, 0.29) is 18.3 Å². The van der Waals surface area contributed by atoms with E-state index in [1.54, 1.807) is 12.1 Å². The summed E-state index contributed by atoms with van der Waals surface area (Å²) in [6.45, 7) is 6.13. The number of carbonyl (C=O) groups excluding carboxylic acids is 2. The first kappa shape index (κ1) is 17.1. The van der Waals surface area contributed by atoms with Crippen LogP contribution < -0.4 is 15.5 Å². The lowest BCUT2D eigenvalue weighted by Crippen LogP contribution is -3.09. The maximum Gasteiger partial charge on any atom is 0.322 e. The van der Waals surface area contributed by atoms with Crippen molar-refractivity contribution in [1.82, 2.24) is 10.6 Å². The van der Waals surface area contributed by atoms with Crippen LogP contribution in [0.15, 0.2) is 24.3 Å². The van der Waals surface area contributed by atoms with Gasteiger partial charge in [-0.15, -0.1) is 0 Å². The summed E-state index contributed by atoms with van der Waals surface area (Å²) in [5.74, 6) is -0.667. The van der Waals surface area contributed by atoms with Gasteiger partial charge in [0.15, 0.2) is 6.54 Å². The van der Waals surface area contributed by atoms with Crippen LogP contribution in [-0.2, 0) is 11.3 Å². The monoisotopic (exact) mass is 296 g/mol. The van der Waals surface area contributed by atoms with Crippen LogP contribution in [0.4, 0.5) is 9.18 Å². The molecule has 116 valence electrons. The molecule has 0 aliphatic heterocycles. The molecule has 21 heavy (non-hydrogen) atoms. The second kappa shape index (κ2) is 7.17. The van der Waals surface area contributed by atoms with E-state index < -0.39 is 11.6 Å². The van der Waals surface area contributed by atoms with Crippen LogP contribution in [0.5, 0.6) is 0 Å². The van der Waals surface area contributed by atoms with E-state index in [4.69, 9.17) is 0 Å². The van der Waals surface area contributed by atoms with Crippen molar-refractivity contribution in [3.05, 3.63) is 35.6 Å². The van der Waals surface area contributed by atoms with Crippen LogP contribution in [0, 0.1) is 5.82 Å². The van der Waals surface area contributed by atoms with Crippen molar-refractivity contribution in [3.63, 3.8) is 0 Å². The Balaban J connectivity index is 2.42. The Morgan fingerprint density at radius 2 is 1.95 bits per heavy atom. The summed E-state index contributed by atoms with van der Waals surface area (Å²) in [5.41, 5.74) is 0.407. The first-order valence-corrected chi connectivity index (χ1v) is 6.83. The number of imide groups is 1. The zero-order chi connectivity index (χ0) is 16.0. The maximum absolute atomic E-state index is 13.1. The van der Waals surface area contributed by atoms with Crippen molar-refractivity contribution in [2.45, 2.75) is 32.9 Å². The summed E-state index contributed by atoms with van der Waals surface area (Å²) in [6, 6.07) is 5.74. The first-order chi connectivity index (χ1) is 9.65. The minimum absolute atomic E-state index is 0.133. The molecule has 5 nitrogen and oxygen atoms in total. The van der Waals surface area contributed by atoms with Crippen LogP contribution in [0.25, 0.3) is 0 Å². The molecule has 1 rings (SSSR count). The molecule has 0 aliphatic rings. The van der Waals surface area contributed by atoms with Crippen molar-refractivity contribution in [2.75, 3.05) is 13.6 Å². The second-order valence-corrected chi connectivity index (χ2v) is 6.19. The Labute approximate surface area is 124 Å². The third-order valence-electron chi connectivity index (χ3n) is 2.60. The predicted octanol–water partition coefficient (Wildman–Crippen LogP) is 0.465. The van der Waals surface area contributed by atoms with Crippen molar-refractivity contribution in [2.24, 2.45) is 0 Å². The molecule has 1 atom stereocenters. The fraction of sp³-hybridized carbons (Fsp3) is 0.467. The molecule has 0 aliphatic carbocycles. The molecule has 0 aromatic heterocycles. The number of halogens is 1. The summed E-state index contributed by atoms with van der Waals surface area (Å²) in [5, 5.41) is 4.93. The number of quaternary nitrogens is 1. The average molecular weight is 296 g/mol. The molecular weight excluding hydrogens is 273 g/mol. The fourth-order valence-corrected chi connectivity index (χ4v) is 1.87. The Morgan fingerprint density at radius 3 is 2.52 bits per heavy atom. The smallest absolute Gasteiger partial charge is 0.322 e. The van der Waals surface area contributed by atoms with Gasteiger partial charge in [0.25, 0.3) is 5.91 Å². The molecule has 0 bridgehead atoms. The predicted molar refractivity (Wildman–Crippen MR) is 78.3 cm³/mol. The SMILES string of the molecule is C[NH+](CC(=O)NC(=O)NC(C)(C)C)Cc1cccc(F)c1. The van der Waals surface area contributed by atoms with Gasteiger partial charge in [0.05, 0.1) is 7.05 Å². The Bertz CT molecular complexity index is 512. The summed E-state index contributed by atoms with van der Waals surface area (Å²) >= 11 is 0. The highest BCUT2D eigenvalue weighted by Crippen LogP contribution is 2.01. The van der Waals surface area contributed by atoms with Crippen LogP contribution >= 0.6 is 0 Å². The van der Waals surface area contributed by atoms with Crippen LogP contribution in [0.1, 0.15) is 26.3 Å². The number of carbonyl (C=O) groups is 2. The van der Waals surface area contributed by atoms with E-state index in [9.17, 15) is 14.0 Å². The molecule has 0 saturated heterocycles. The summed E-state index contributed by atoms with van der Waals surface area (Å²) in [7, 11) is 1.81. The van der Waals surface area contributed by atoms with Gasteiger partial charge in [0, 0.05) is 11.1 Å². The third kappa shape index (κ3) is 7.41. The Hall–Kier alpha value is -1.95. The van der Waals surface area contributed by atoms with E-state index >= 15 is 0 Å². The highest BCUT2D eigenvalue weighted by atomic mass is 19.1. The third-order valence-corrected chi connectivity index (χ3v) is 2.60. The lowest BCUT2D eigenvalue weighted by atomic mass is 10.1. The number of likely N-dealkylation sites (N-methyl/N-ethyl adjacent to an activating group) is 1. The molecule has 1 aromatic rings. The quantitative estimate of drug-likeness (QED) is 0.756. The topological polar surface area (TPSA) is 62.6 Å². The van der Waals surface area contributed by atoms with Crippen molar-refractivity contribution >= 4 is 11.9 Å². The Kier molecular flexibility index (Phi) is 5.84. The van der Waals surface area contributed by atoms with Crippen LogP contribution in [0.2, 0.25) is 0 Å². The maximum atomic E-state index is 13.1. The normalized spacial score (nSPS) is 12.6. The number of amides is 3. The molecule has 0 heterocycles. The summed E-state index contributed by atoms with van der Waals surface area (Å²) in [4.78, 5) is 24.2. The average Bonchev–Trinajstić information content (AvgIpc) is 2.24. The molecule has 6 heteroatoms.